The average Bonchev–Trinajstić information content (AvgIpc) is 2.31. The maximum Gasteiger partial charge on any atom is 0.165 e. The molecule has 0 aliphatic carbocycles. The molecule has 3 nitrogen and oxygen atoms in total. The molecule has 0 saturated heterocycles. The quantitative estimate of drug-likeness (QED) is 0.842. The standard InChI is InChI=1S/C14H20FNO2/c1-10(14(2,3)9-17-4)16-11-6-7-12(15)13(8-11)18-5/h6-8,16H,1,9H2,2-5H3. The van der Waals surface area contributed by atoms with Crippen molar-refractivity contribution in [1.29, 1.82) is 0 Å². The molecule has 0 aliphatic rings. The first-order valence-electron chi connectivity index (χ1n) is 5.69. The molecule has 0 aliphatic heterocycles. The van der Waals surface area contributed by atoms with E-state index in [0.717, 1.165) is 11.4 Å². The average molecular weight is 253 g/mol. The fourth-order valence-electron chi connectivity index (χ4n) is 1.53. The van der Waals surface area contributed by atoms with Gasteiger partial charge in [-0.05, 0) is 12.1 Å². The molecule has 0 unspecified atom stereocenters. The Balaban J connectivity index is 2.82. The highest BCUT2D eigenvalue weighted by Crippen LogP contribution is 2.28. The topological polar surface area (TPSA) is 30.5 Å². The molecule has 0 radical (unpaired) electrons. The summed E-state index contributed by atoms with van der Waals surface area (Å²) in [6.07, 6.45) is 0. The lowest BCUT2D eigenvalue weighted by Gasteiger charge is -2.27. The molecule has 0 saturated carbocycles. The van der Waals surface area contributed by atoms with Crippen LogP contribution >= 0.6 is 0 Å². The van der Waals surface area contributed by atoms with Crippen molar-refractivity contribution in [3.63, 3.8) is 0 Å². The van der Waals surface area contributed by atoms with E-state index < -0.39 is 0 Å². The van der Waals surface area contributed by atoms with Crippen LogP contribution in [0.5, 0.6) is 5.75 Å². The number of hydrogen-bond acceptors (Lipinski definition) is 3. The van der Waals surface area contributed by atoms with Crippen LogP contribution in [0.1, 0.15) is 13.8 Å². The van der Waals surface area contributed by atoms with Crippen molar-refractivity contribution in [3.05, 3.63) is 36.3 Å². The first-order valence-corrected chi connectivity index (χ1v) is 5.69. The van der Waals surface area contributed by atoms with E-state index in [4.69, 9.17) is 9.47 Å². The van der Waals surface area contributed by atoms with Crippen LogP contribution in [0.2, 0.25) is 0 Å². The summed E-state index contributed by atoms with van der Waals surface area (Å²) in [5, 5.41) is 3.15. The lowest BCUT2D eigenvalue weighted by molar-refractivity contribution is 0.127. The normalized spacial score (nSPS) is 11.2. The van der Waals surface area contributed by atoms with Crippen LogP contribution in [-0.4, -0.2) is 20.8 Å². The second-order valence-corrected chi connectivity index (χ2v) is 4.77. The summed E-state index contributed by atoms with van der Waals surface area (Å²) in [6, 6.07) is 4.60. The van der Waals surface area contributed by atoms with Gasteiger partial charge in [0.15, 0.2) is 11.6 Å². The van der Waals surface area contributed by atoms with Crippen molar-refractivity contribution in [2.24, 2.45) is 5.41 Å². The Kier molecular flexibility index (Phi) is 4.73. The molecule has 0 aromatic heterocycles. The molecule has 0 bridgehead atoms. The minimum Gasteiger partial charge on any atom is -0.494 e. The Morgan fingerprint density at radius 2 is 2.06 bits per heavy atom. The van der Waals surface area contributed by atoms with Gasteiger partial charge in [-0.25, -0.2) is 4.39 Å². The summed E-state index contributed by atoms with van der Waals surface area (Å²) < 4.78 is 23.3. The lowest BCUT2D eigenvalue weighted by atomic mass is 9.91. The minimum atomic E-state index is -0.384. The van der Waals surface area contributed by atoms with Crippen molar-refractivity contribution in [2.75, 3.05) is 26.1 Å². The Bertz CT molecular complexity index is 430. The molecule has 0 fully saturated rings. The van der Waals surface area contributed by atoms with Crippen molar-refractivity contribution in [3.8, 4) is 5.75 Å². The van der Waals surface area contributed by atoms with Gasteiger partial charge in [0.05, 0.1) is 13.7 Å². The van der Waals surface area contributed by atoms with Gasteiger partial charge in [0.25, 0.3) is 0 Å². The number of ether oxygens (including phenoxy) is 2. The van der Waals surface area contributed by atoms with Crippen LogP contribution in [0, 0.1) is 11.2 Å². The van der Waals surface area contributed by atoms with Crippen LogP contribution in [0.4, 0.5) is 10.1 Å². The van der Waals surface area contributed by atoms with E-state index in [1.165, 1.54) is 13.2 Å². The summed E-state index contributed by atoms with van der Waals surface area (Å²) in [7, 11) is 3.09. The van der Waals surface area contributed by atoms with E-state index >= 15 is 0 Å². The van der Waals surface area contributed by atoms with Crippen LogP contribution in [0.25, 0.3) is 0 Å². The first-order chi connectivity index (χ1) is 8.40. The molecule has 1 aromatic carbocycles. The summed E-state index contributed by atoms with van der Waals surface area (Å²) in [5.74, 6) is -0.179. The van der Waals surface area contributed by atoms with Gasteiger partial charge in [-0.3, -0.25) is 0 Å². The zero-order valence-corrected chi connectivity index (χ0v) is 11.3. The van der Waals surface area contributed by atoms with E-state index in [1.807, 2.05) is 13.8 Å². The maximum atomic E-state index is 13.3. The van der Waals surface area contributed by atoms with Crippen molar-refractivity contribution in [1.82, 2.24) is 0 Å². The van der Waals surface area contributed by atoms with Gasteiger partial charge in [-0.15, -0.1) is 0 Å². The fourth-order valence-corrected chi connectivity index (χ4v) is 1.53. The number of benzene rings is 1. The van der Waals surface area contributed by atoms with Crippen LogP contribution < -0.4 is 10.1 Å². The fraction of sp³-hybridized carbons (Fsp3) is 0.429. The molecule has 100 valence electrons. The highest BCUT2D eigenvalue weighted by molar-refractivity contribution is 5.53. The lowest BCUT2D eigenvalue weighted by Crippen LogP contribution is -2.25. The van der Waals surface area contributed by atoms with E-state index in [0.29, 0.717) is 6.61 Å². The monoisotopic (exact) mass is 253 g/mol. The van der Waals surface area contributed by atoms with Gasteiger partial charge >= 0.3 is 0 Å². The zero-order valence-electron chi connectivity index (χ0n) is 11.3. The predicted octanol–water partition coefficient (Wildman–Crippen LogP) is 3.43. The van der Waals surface area contributed by atoms with Gasteiger partial charge < -0.3 is 14.8 Å². The summed E-state index contributed by atoms with van der Waals surface area (Å²) in [4.78, 5) is 0. The Morgan fingerprint density at radius 1 is 1.39 bits per heavy atom. The van der Waals surface area contributed by atoms with Gasteiger partial charge in [0, 0.05) is 30.0 Å². The third kappa shape index (κ3) is 3.47. The van der Waals surface area contributed by atoms with Gasteiger partial charge in [0.2, 0.25) is 0 Å². The molecule has 1 aromatic rings. The summed E-state index contributed by atoms with van der Waals surface area (Å²) in [6.45, 7) is 8.59. The SMILES string of the molecule is C=C(Nc1ccc(F)c(OC)c1)C(C)(C)COC. The third-order valence-electron chi connectivity index (χ3n) is 2.77. The maximum absolute atomic E-state index is 13.3. The van der Waals surface area contributed by atoms with E-state index in [9.17, 15) is 4.39 Å². The molecule has 1 N–H and O–H groups in total. The highest BCUT2D eigenvalue weighted by Gasteiger charge is 2.22. The molecule has 0 heterocycles. The number of methoxy groups -OCH3 is 2. The third-order valence-corrected chi connectivity index (χ3v) is 2.77. The van der Waals surface area contributed by atoms with Gasteiger partial charge in [-0.2, -0.15) is 0 Å². The number of hydrogen-bond donors (Lipinski definition) is 1. The number of halogens is 1. The van der Waals surface area contributed by atoms with E-state index in [2.05, 4.69) is 11.9 Å². The molecule has 0 spiro atoms. The first kappa shape index (κ1) is 14.5. The Hall–Kier alpha value is -1.55. The molecule has 0 amide bonds. The van der Waals surface area contributed by atoms with Gasteiger partial charge in [-0.1, -0.05) is 20.4 Å². The number of anilines is 1. The molecule has 4 heteroatoms. The second kappa shape index (κ2) is 5.87. The Morgan fingerprint density at radius 3 is 2.61 bits per heavy atom. The number of nitrogens with one attached hydrogen (secondary N) is 1. The van der Waals surface area contributed by atoms with Crippen LogP contribution in [0.3, 0.4) is 0 Å². The molecular formula is C14H20FNO2. The Labute approximate surface area is 108 Å². The molecule has 1 rings (SSSR count). The largest absolute Gasteiger partial charge is 0.494 e. The van der Waals surface area contributed by atoms with Gasteiger partial charge in [0.1, 0.15) is 0 Å². The molecular weight excluding hydrogens is 233 g/mol. The van der Waals surface area contributed by atoms with Crippen molar-refractivity contribution < 1.29 is 13.9 Å². The van der Waals surface area contributed by atoms with Crippen molar-refractivity contribution >= 4 is 5.69 Å². The number of rotatable bonds is 6. The van der Waals surface area contributed by atoms with E-state index in [1.54, 1.807) is 19.2 Å². The molecule has 18 heavy (non-hydrogen) atoms. The zero-order chi connectivity index (χ0) is 13.8. The van der Waals surface area contributed by atoms with Crippen molar-refractivity contribution in [2.45, 2.75) is 13.8 Å². The summed E-state index contributed by atoms with van der Waals surface area (Å²) >= 11 is 0. The molecule has 0 atom stereocenters. The van der Waals surface area contributed by atoms with Crippen LogP contribution in [-0.2, 0) is 4.74 Å². The highest BCUT2D eigenvalue weighted by atomic mass is 19.1. The summed E-state index contributed by atoms with van der Waals surface area (Å²) in [5.41, 5.74) is 1.33. The van der Waals surface area contributed by atoms with E-state index in [-0.39, 0.29) is 17.0 Å². The second-order valence-electron chi connectivity index (χ2n) is 4.77. The predicted molar refractivity (Wildman–Crippen MR) is 71.4 cm³/mol. The van der Waals surface area contributed by atoms with Crippen LogP contribution in [0.15, 0.2) is 30.5 Å². The smallest absolute Gasteiger partial charge is 0.165 e. The minimum absolute atomic E-state index is 0.206.